The molecule has 0 radical (unpaired) electrons. The summed E-state index contributed by atoms with van der Waals surface area (Å²) in [6.07, 6.45) is 0. The van der Waals surface area contributed by atoms with Gasteiger partial charge in [-0.2, -0.15) is 0 Å². The number of likely N-dealkylation sites (N-methyl/N-ethyl adjacent to an activating group) is 1. The van der Waals surface area contributed by atoms with Crippen molar-refractivity contribution in [1.82, 2.24) is 10.2 Å². The van der Waals surface area contributed by atoms with Crippen molar-refractivity contribution in [3.05, 3.63) is 35.4 Å². The Kier molecular flexibility index (Phi) is 7.52. The van der Waals surface area contributed by atoms with Gasteiger partial charge in [0.25, 0.3) is 0 Å². The first-order valence-electron chi connectivity index (χ1n) is 7.34. The molecule has 21 heavy (non-hydrogen) atoms. The van der Waals surface area contributed by atoms with E-state index in [1.165, 1.54) is 5.56 Å². The van der Waals surface area contributed by atoms with E-state index in [2.05, 4.69) is 29.0 Å². The fraction of sp³-hybridized carbons (Fsp3) is 0.471. The van der Waals surface area contributed by atoms with Crippen molar-refractivity contribution >= 4 is 5.91 Å². The van der Waals surface area contributed by atoms with Crippen molar-refractivity contribution in [1.29, 1.82) is 0 Å². The molecule has 0 aliphatic heterocycles. The van der Waals surface area contributed by atoms with Crippen LogP contribution in [0.2, 0.25) is 0 Å². The van der Waals surface area contributed by atoms with E-state index < -0.39 is 0 Å². The Morgan fingerprint density at radius 1 is 1.33 bits per heavy atom. The van der Waals surface area contributed by atoms with Crippen molar-refractivity contribution in [2.45, 2.75) is 33.4 Å². The van der Waals surface area contributed by atoms with Crippen LogP contribution in [0.25, 0.3) is 0 Å². The van der Waals surface area contributed by atoms with Gasteiger partial charge in [-0.05, 0) is 38.1 Å². The zero-order valence-electron chi connectivity index (χ0n) is 13.1. The molecule has 4 heteroatoms. The first-order valence-corrected chi connectivity index (χ1v) is 7.34. The number of rotatable bonds is 6. The van der Waals surface area contributed by atoms with E-state index in [9.17, 15) is 4.79 Å². The minimum Gasteiger partial charge on any atom is -0.353 e. The van der Waals surface area contributed by atoms with Crippen molar-refractivity contribution < 1.29 is 4.79 Å². The molecule has 1 amide bonds. The van der Waals surface area contributed by atoms with Gasteiger partial charge in [0.05, 0.1) is 13.1 Å². The number of nitrogens with one attached hydrogen (secondary N) is 1. The van der Waals surface area contributed by atoms with Gasteiger partial charge < -0.3 is 11.1 Å². The lowest BCUT2D eigenvalue weighted by molar-refractivity contribution is -0.122. The molecule has 0 unspecified atom stereocenters. The van der Waals surface area contributed by atoms with Crippen LogP contribution in [0.3, 0.4) is 0 Å². The topological polar surface area (TPSA) is 58.4 Å². The van der Waals surface area contributed by atoms with Gasteiger partial charge in [0.15, 0.2) is 0 Å². The van der Waals surface area contributed by atoms with Crippen molar-refractivity contribution in [3.63, 3.8) is 0 Å². The van der Waals surface area contributed by atoms with E-state index in [0.29, 0.717) is 13.1 Å². The number of benzene rings is 1. The van der Waals surface area contributed by atoms with Gasteiger partial charge in [0.1, 0.15) is 0 Å². The van der Waals surface area contributed by atoms with Crippen LogP contribution >= 0.6 is 0 Å². The van der Waals surface area contributed by atoms with E-state index in [0.717, 1.165) is 18.7 Å². The normalized spacial score (nSPS) is 10.4. The highest BCUT2D eigenvalue weighted by molar-refractivity contribution is 5.78. The van der Waals surface area contributed by atoms with Crippen LogP contribution in [0, 0.1) is 11.8 Å². The highest BCUT2D eigenvalue weighted by Gasteiger charge is 2.10. The third-order valence-corrected chi connectivity index (χ3v) is 2.96. The Morgan fingerprint density at radius 3 is 2.52 bits per heavy atom. The number of hydrogen-bond donors (Lipinski definition) is 2. The summed E-state index contributed by atoms with van der Waals surface area (Å²) in [4.78, 5) is 13.9. The Morgan fingerprint density at radius 2 is 2.00 bits per heavy atom. The Balaban J connectivity index is 2.58. The first-order chi connectivity index (χ1) is 10.0. The number of amides is 1. The molecule has 0 aliphatic rings. The van der Waals surface area contributed by atoms with Crippen molar-refractivity contribution in [3.8, 4) is 11.8 Å². The number of carbonyl (C=O) groups excluding carboxylic acids is 1. The second kappa shape index (κ2) is 9.17. The van der Waals surface area contributed by atoms with Gasteiger partial charge in [-0.1, -0.05) is 30.9 Å². The second-order valence-corrected chi connectivity index (χ2v) is 5.23. The maximum atomic E-state index is 11.8. The molecule has 1 aromatic carbocycles. The van der Waals surface area contributed by atoms with Gasteiger partial charge in [-0.3, -0.25) is 9.69 Å². The summed E-state index contributed by atoms with van der Waals surface area (Å²) in [6, 6.07) is 8.24. The third-order valence-electron chi connectivity index (χ3n) is 2.96. The van der Waals surface area contributed by atoms with Gasteiger partial charge in [-0.15, -0.1) is 0 Å². The molecular weight excluding hydrogens is 262 g/mol. The molecule has 4 nitrogen and oxygen atoms in total. The van der Waals surface area contributed by atoms with Gasteiger partial charge >= 0.3 is 0 Å². The number of nitrogens with zero attached hydrogens (tertiary/aromatic N) is 1. The molecule has 114 valence electrons. The highest BCUT2D eigenvalue weighted by atomic mass is 16.2. The summed E-state index contributed by atoms with van der Waals surface area (Å²) in [5.74, 6) is 5.90. The molecule has 1 rings (SSSR count). The van der Waals surface area contributed by atoms with E-state index in [1.54, 1.807) is 0 Å². The lowest BCUT2D eigenvalue weighted by Crippen LogP contribution is -2.39. The maximum Gasteiger partial charge on any atom is 0.234 e. The van der Waals surface area contributed by atoms with Gasteiger partial charge in [0, 0.05) is 18.2 Å². The molecule has 0 aliphatic carbocycles. The molecule has 0 bridgehead atoms. The van der Waals surface area contributed by atoms with Crippen molar-refractivity contribution in [2.75, 3.05) is 19.6 Å². The fourth-order valence-corrected chi connectivity index (χ4v) is 1.95. The predicted octanol–water partition coefficient (Wildman–Crippen LogP) is 1.34. The van der Waals surface area contributed by atoms with Gasteiger partial charge in [0.2, 0.25) is 5.91 Å². The van der Waals surface area contributed by atoms with Crippen LogP contribution in [-0.4, -0.2) is 36.5 Å². The largest absolute Gasteiger partial charge is 0.353 e. The van der Waals surface area contributed by atoms with Crippen LogP contribution in [-0.2, 0) is 11.3 Å². The molecule has 0 fully saturated rings. The summed E-state index contributed by atoms with van der Waals surface area (Å²) in [5, 5.41) is 2.91. The smallest absolute Gasteiger partial charge is 0.234 e. The third kappa shape index (κ3) is 6.94. The van der Waals surface area contributed by atoms with E-state index in [4.69, 9.17) is 5.73 Å². The van der Waals surface area contributed by atoms with E-state index in [-0.39, 0.29) is 11.9 Å². The second-order valence-electron chi connectivity index (χ2n) is 5.23. The summed E-state index contributed by atoms with van der Waals surface area (Å²) >= 11 is 0. The lowest BCUT2D eigenvalue weighted by Gasteiger charge is -2.20. The molecule has 0 saturated heterocycles. The molecule has 0 saturated carbocycles. The van der Waals surface area contributed by atoms with Crippen LogP contribution < -0.4 is 11.1 Å². The molecule has 0 aromatic heterocycles. The van der Waals surface area contributed by atoms with E-state index in [1.807, 2.05) is 38.1 Å². The van der Waals surface area contributed by atoms with Crippen LogP contribution in [0.5, 0.6) is 0 Å². The average molecular weight is 287 g/mol. The minimum absolute atomic E-state index is 0.0669. The Labute approximate surface area is 127 Å². The quantitative estimate of drug-likeness (QED) is 0.776. The molecule has 1 aromatic rings. The fourth-order valence-electron chi connectivity index (χ4n) is 1.95. The molecule has 0 heterocycles. The SMILES string of the molecule is CCN(CC(=O)NC(C)C)Cc1ccc(C#CCN)cc1. The highest BCUT2D eigenvalue weighted by Crippen LogP contribution is 2.07. The Hall–Kier alpha value is -1.83. The summed E-state index contributed by atoms with van der Waals surface area (Å²) in [7, 11) is 0. The van der Waals surface area contributed by atoms with Crippen LogP contribution in [0.4, 0.5) is 0 Å². The van der Waals surface area contributed by atoms with Crippen LogP contribution in [0.15, 0.2) is 24.3 Å². The zero-order chi connectivity index (χ0) is 15.7. The maximum absolute atomic E-state index is 11.8. The standard InChI is InChI=1S/C17H25N3O/c1-4-20(13-17(21)19-14(2)3)12-16-9-7-15(8-10-16)6-5-11-18/h7-10,14H,4,11-13,18H2,1-3H3,(H,19,21). The summed E-state index contributed by atoms with van der Waals surface area (Å²) < 4.78 is 0. The van der Waals surface area contributed by atoms with Gasteiger partial charge in [-0.25, -0.2) is 0 Å². The van der Waals surface area contributed by atoms with Crippen molar-refractivity contribution in [2.24, 2.45) is 5.73 Å². The molecular formula is C17H25N3O. The summed E-state index contributed by atoms with van der Waals surface area (Å²) in [5.41, 5.74) is 7.49. The Bertz CT molecular complexity index is 497. The average Bonchev–Trinajstić information content (AvgIpc) is 2.45. The molecule has 0 atom stereocenters. The number of carbonyl (C=O) groups is 1. The molecule has 3 N–H and O–H groups in total. The number of nitrogens with two attached hydrogens (primary N) is 1. The zero-order valence-corrected chi connectivity index (χ0v) is 13.1. The van der Waals surface area contributed by atoms with E-state index >= 15 is 0 Å². The lowest BCUT2D eigenvalue weighted by atomic mass is 10.1. The molecule has 0 spiro atoms. The predicted molar refractivity (Wildman–Crippen MR) is 86.6 cm³/mol. The monoisotopic (exact) mass is 287 g/mol. The van der Waals surface area contributed by atoms with Crippen LogP contribution in [0.1, 0.15) is 31.9 Å². The first kappa shape index (κ1) is 17.2. The summed E-state index contributed by atoms with van der Waals surface area (Å²) in [6.45, 7) is 8.38. The number of hydrogen-bond acceptors (Lipinski definition) is 3. The minimum atomic E-state index is 0.0669.